The molecule has 2 aromatic rings. The zero-order chi connectivity index (χ0) is 18.1. The van der Waals surface area contributed by atoms with E-state index < -0.39 is 0 Å². The number of hydrogen-bond acceptors (Lipinski definition) is 5. The molecule has 0 heterocycles. The van der Waals surface area contributed by atoms with E-state index in [4.69, 9.17) is 26.4 Å². The molecule has 0 aliphatic heterocycles. The lowest BCUT2D eigenvalue weighted by Gasteiger charge is -2.13. The van der Waals surface area contributed by atoms with Crippen LogP contribution in [0.25, 0.3) is 0 Å². The highest BCUT2D eigenvalue weighted by atomic mass is 32.1. The van der Waals surface area contributed by atoms with Crippen LogP contribution in [0.4, 0.5) is 5.69 Å². The van der Waals surface area contributed by atoms with Crippen LogP contribution in [0.3, 0.4) is 0 Å². The summed E-state index contributed by atoms with van der Waals surface area (Å²) in [6.07, 6.45) is 0. The maximum atomic E-state index is 12.4. The minimum absolute atomic E-state index is 0.196. The van der Waals surface area contributed by atoms with Crippen molar-refractivity contribution in [3.05, 3.63) is 54.1 Å². The van der Waals surface area contributed by atoms with E-state index in [0.717, 1.165) is 11.4 Å². The third-order valence-corrected chi connectivity index (χ3v) is 3.46. The first-order valence-corrected chi connectivity index (χ1v) is 8.02. The van der Waals surface area contributed by atoms with Gasteiger partial charge in [-0.05, 0) is 48.6 Å². The molecule has 0 aliphatic carbocycles. The van der Waals surface area contributed by atoms with Gasteiger partial charge in [0.05, 0.1) is 19.3 Å². The molecule has 25 heavy (non-hydrogen) atoms. The van der Waals surface area contributed by atoms with Crippen molar-refractivity contribution in [1.29, 1.82) is 0 Å². The molecule has 0 saturated heterocycles. The number of anilines is 1. The Labute approximate surface area is 152 Å². The molecule has 0 aromatic heterocycles. The van der Waals surface area contributed by atoms with E-state index in [1.54, 1.807) is 62.8 Å². The number of nitrogens with one attached hydrogen (secondary N) is 2. The number of amides is 1. The molecule has 0 aliphatic rings. The van der Waals surface area contributed by atoms with Crippen molar-refractivity contribution < 1.29 is 19.0 Å². The highest BCUT2D eigenvalue weighted by Gasteiger charge is 2.13. The van der Waals surface area contributed by atoms with Crippen LogP contribution < -0.4 is 20.1 Å². The largest absolute Gasteiger partial charge is 0.497 e. The Balaban J connectivity index is 1.97. The Morgan fingerprint density at radius 2 is 1.76 bits per heavy atom. The Morgan fingerprint density at radius 1 is 1.04 bits per heavy atom. The van der Waals surface area contributed by atoms with Crippen molar-refractivity contribution in [1.82, 2.24) is 5.32 Å². The fourth-order valence-corrected chi connectivity index (χ4v) is 2.23. The molecule has 0 bridgehead atoms. The molecule has 2 N–H and O–H groups in total. The van der Waals surface area contributed by atoms with E-state index in [-0.39, 0.29) is 11.0 Å². The lowest BCUT2D eigenvalue weighted by atomic mass is 10.2. The molecule has 0 spiro atoms. The number of benzene rings is 2. The van der Waals surface area contributed by atoms with Gasteiger partial charge in [0.2, 0.25) is 0 Å². The minimum Gasteiger partial charge on any atom is -0.497 e. The molecule has 0 radical (unpaired) electrons. The molecule has 1 amide bonds. The number of methoxy groups -OCH3 is 2. The standard InChI is InChI=1S/C18H20N2O4S/c1-22-11-12-24-16-6-4-3-5-15(16)17(21)20-18(25)19-13-7-9-14(23-2)10-8-13/h3-10H,11-12H2,1-2H3,(H2,19,20,21,25). The van der Waals surface area contributed by atoms with E-state index in [1.807, 2.05) is 0 Å². The molecule has 0 unspecified atom stereocenters. The summed E-state index contributed by atoms with van der Waals surface area (Å²) >= 11 is 5.19. The normalized spacial score (nSPS) is 10.0. The van der Waals surface area contributed by atoms with Crippen molar-refractivity contribution >= 4 is 28.9 Å². The predicted molar refractivity (Wildman–Crippen MR) is 100 cm³/mol. The number of ether oxygens (including phenoxy) is 3. The Kier molecular flexibility index (Phi) is 7.18. The van der Waals surface area contributed by atoms with E-state index >= 15 is 0 Å². The predicted octanol–water partition coefficient (Wildman–Crippen LogP) is 2.85. The van der Waals surface area contributed by atoms with Crippen molar-refractivity contribution in [2.75, 3.05) is 32.8 Å². The second-order valence-electron chi connectivity index (χ2n) is 4.97. The molecule has 2 aromatic carbocycles. The molecule has 2 rings (SSSR count). The Bertz CT molecular complexity index is 719. The third-order valence-electron chi connectivity index (χ3n) is 3.25. The van der Waals surface area contributed by atoms with Crippen molar-refractivity contribution in [2.24, 2.45) is 0 Å². The average molecular weight is 360 g/mol. The van der Waals surface area contributed by atoms with Gasteiger partial charge in [0.1, 0.15) is 18.1 Å². The summed E-state index contributed by atoms with van der Waals surface area (Å²) in [4.78, 5) is 12.4. The maximum absolute atomic E-state index is 12.4. The third kappa shape index (κ3) is 5.74. The second-order valence-corrected chi connectivity index (χ2v) is 5.38. The lowest BCUT2D eigenvalue weighted by Crippen LogP contribution is -2.34. The highest BCUT2D eigenvalue weighted by molar-refractivity contribution is 7.80. The summed E-state index contributed by atoms with van der Waals surface area (Å²) in [6, 6.07) is 14.2. The summed E-state index contributed by atoms with van der Waals surface area (Å²) in [5.74, 6) is 0.867. The van der Waals surface area contributed by atoms with E-state index in [9.17, 15) is 4.79 Å². The van der Waals surface area contributed by atoms with Gasteiger partial charge >= 0.3 is 0 Å². The maximum Gasteiger partial charge on any atom is 0.261 e. The lowest BCUT2D eigenvalue weighted by molar-refractivity contribution is 0.0970. The van der Waals surface area contributed by atoms with E-state index in [2.05, 4.69) is 10.6 Å². The zero-order valence-corrected chi connectivity index (χ0v) is 14.9. The van der Waals surface area contributed by atoms with Gasteiger partial charge in [-0.1, -0.05) is 12.1 Å². The summed E-state index contributed by atoms with van der Waals surface area (Å²) in [5, 5.41) is 5.79. The van der Waals surface area contributed by atoms with Crippen LogP contribution in [0.1, 0.15) is 10.4 Å². The first-order chi connectivity index (χ1) is 12.1. The number of para-hydroxylation sites is 1. The zero-order valence-electron chi connectivity index (χ0n) is 14.1. The smallest absolute Gasteiger partial charge is 0.261 e. The summed E-state index contributed by atoms with van der Waals surface area (Å²) < 4.78 is 15.6. The Hall–Kier alpha value is -2.64. The Morgan fingerprint density at radius 3 is 2.44 bits per heavy atom. The van der Waals surface area contributed by atoms with Crippen LogP contribution in [-0.4, -0.2) is 38.5 Å². The molecule has 132 valence electrons. The average Bonchev–Trinajstić information content (AvgIpc) is 2.63. The highest BCUT2D eigenvalue weighted by Crippen LogP contribution is 2.18. The monoisotopic (exact) mass is 360 g/mol. The number of thiocarbonyl (C=S) groups is 1. The summed E-state index contributed by atoms with van der Waals surface area (Å²) in [5.41, 5.74) is 1.15. The van der Waals surface area contributed by atoms with E-state index in [1.165, 1.54) is 0 Å². The topological polar surface area (TPSA) is 68.8 Å². The van der Waals surface area contributed by atoms with E-state index in [0.29, 0.717) is 24.5 Å². The molecular formula is C18H20N2O4S. The SMILES string of the molecule is COCCOc1ccccc1C(=O)NC(=S)Nc1ccc(OC)cc1. The number of hydrogen-bond donors (Lipinski definition) is 2. The first-order valence-electron chi connectivity index (χ1n) is 7.61. The van der Waals surface area contributed by atoms with Gasteiger partial charge < -0.3 is 19.5 Å². The van der Waals surface area contributed by atoms with Gasteiger partial charge in [-0.15, -0.1) is 0 Å². The summed E-state index contributed by atoms with van der Waals surface area (Å²) in [7, 11) is 3.19. The summed E-state index contributed by atoms with van der Waals surface area (Å²) in [6.45, 7) is 0.794. The van der Waals surface area contributed by atoms with Gasteiger partial charge in [-0.25, -0.2) is 0 Å². The van der Waals surface area contributed by atoms with Crippen LogP contribution in [0.5, 0.6) is 11.5 Å². The van der Waals surface area contributed by atoms with Crippen LogP contribution in [0.15, 0.2) is 48.5 Å². The van der Waals surface area contributed by atoms with Crippen LogP contribution >= 0.6 is 12.2 Å². The first kappa shape index (κ1) is 18.7. The van der Waals surface area contributed by atoms with Gasteiger partial charge in [-0.2, -0.15) is 0 Å². The van der Waals surface area contributed by atoms with Crippen molar-refractivity contribution in [2.45, 2.75) is 0 Å². The number of carbonyl (C=O) groups excluding carboxylic acids is 1. The molecule has 6 nitrogen and oxygen atoms in total. The molecule has 0 saturated carbocycles. The van der Waals surface area contributed by atoms with Gasteiger partial charge in [0.15, 0.2) is 5.11 Å². The van der Waals surface area contributed by atoms with Gasteiger partial charge in [-0.3, -0.25) is 10.1 Å². The fraction of sp³-hybridized carbons (Fsp3) is 0.222. The van der Waals surface area contributed by atoms with Gasteiger partial charge in [0.25, 0.3) is 5.91 Å². The number of carbonyl (C=O) groups is 1. The van der Waals surface area contributed by atoms with Gasteiger partial charge in [0, 0.05) is 12.8 Å². The minimum atomic E-state index is -0.348. The fourth-order valence-electron chi connectivity index (χ4n) is 2.02. The number of rotatable bonds is 7. The molecular weight excluding hydrogens is 340 g/mol. The van der Waals surface area contributed by atoms with Crippen LogP contribution in [-0.2, 0) is 4.74 Å². The molecule has 7 heteroatoms. The molecule has 0 atom stereocenters. The quantitative estimate of drug-likeness (QED) is 0.585. The second kappa shape index (κ2) is 9.61. The van der Waals surface area contributed by atoms with Crippen LogP contribution in [0, 0.1) is 0 Å². The van der Waals surface area contributed by atoms with Crippen molar-refractivity contribution in [3.63, 3.8) is 0 Å². The van der Waals surface area contributed by atoms with Crippen molar-refractivity contribution in [3.8, 4) is 11.5 Å². The van der Waals surface area contributed by atoms with Crippen LogP contribution in [0.2, 0.25) is 0 Å². The molecule has 0 fully saturated rings.